The molecule has 20 heavy (non-hydrogen) atoms. The molecule has 1 atom stereocenters. The van der Waals surface area contributed by atoms with Crippen molar-refractivity contribution in [3.8, 4) is 0 Å². The minimum Gasteiger partial charge on any atom is -0.398 e. The van der Waals surface area contributed by atoms with Crippen molar-refractivity contribution in [1.29, 1.82) is 0 Å². The summed E-state index contributed by atoms with van der Waals surface area (Å²) in [4.78, 5) is 15.0. The van der Waals surface area contributed by atoms with Crippen molar-refractivity contribution in [3.05, 3.63) is 28.8 Å². The highest BCUT2D eigenvalue weighted by Crippen LogP contribution is 2.24. The van der Waals surface area contributed by atoms with E-state index >= 15 is 0 Å². The SMILES string of the molecule is CCC1CCCCCN1C(=O)c1cc(N)c(C)cc1C. The fourth-order valence-electron chi connectivity index (χ4n) is 3.12. The first-order valence-electron chi connectivity index (χ1n) is 7.72. The molecule has 0 bridgehead atoms. The van der Waals surface area contributed by atoms with Crippen LogP contribution in [-0.4, -0.2) is 23.4 Å². The molecule has 1 amide bonds. The lowest BCUT2D eigenvalue weighted by Crippen LogP contribution is -2.40. The molecule has 3 nitrogen and oxygen atoms in total. The van der Waals surface area contributed by atoms with E-state index in [0.29, 0.717) is 11.7 Å². The molecular weight excluding hydrogens is 248 g/mol. The van der Waals surface area contributed by atoms with Crippen LogP contribution in [0, 0.1) is 13.8 Å². The molecule has 1 saturated heterocycles. The lowest BCUT2D eigenvalue weighted by atomic mass is 10.0. The topological polar surface area (TPSA) is 46.3 Å². The maximum atomic E-state index is 12.9. The van der Waals surface area contributed by atoms with Gasteiger partial charge in [0.05, 0.1) is 0 Å². The van der Waals surface area contributed by atoms with E-state index in [1.807, 2.05) is 26.0 Å². The van der Waals surface area contributed by atoms with E-state index in [9.17, 15) is 4.79 Å². The highest BCUT2D eigenvalue weighted by Gasteiger charge is 2.26. The predicted octanol–water partition coefficient (Wildman–Crippen LogP) is 3.68. The first-order valence-corrected chi connectivity index (χ1v) is 7.72. The van der Waals surface area contributed by atoms with Gasteiger partial charge in [0.2, 0.25) is 0 Å². The number of hydrogen-bond donors (Lipinski definition) is 1. The molecule has 110 valence electrons. The van der Waals surface area contributed by atoms with Crippen molar-refractivity contribution in [2.45, 2.75) is 58.9 Å². The van der Waals surface area contributed by atoms with E-state index in [-0.39, 0.29) is 5.91 Å². The summed E-state index contributed by atoms with van der Waals surface area (Å²) in [6, 6.07) is 4.25. The highest BCUT2D eigenvalue weighted by atomic mass is 16.2. The Balaban J connectivity index is 2.31. The fraction of sp³-hybridized carbons (Fsp3) is 0.588. The normalized spacial score (nSPS) is 19.8. The first kappa shape index (κ1) is 14.9. The van der Waals surface area contributed by atoms with E-state index in [2.05, 4.69) is 11.8 Å². The number of amides is 1. The number of carbonyl (C=O) groups is 1. The van der Waals surface area contributed by atoms with Crippen molar-refractivity contribution < 1.29 is 4.79 Å². The van der Waals surface area contributed by atoms with Crippen LogP contribution >= 0.6 is 0 Å². The number of rotatable bonds is 2. The van der Waals surface area contributed by atoms with E-state index in [1.54, 1.807) is 0 Å². The van der Waals surface area contributed by atoms with Gasteiger partial charge in [-0.15, -0.1) is 0 Å². The lowest BCUT2D eigenvalue weighted by molar-refractivity contribution is 0.0677. The molecular formula is C17H26N2O. The number of benzene rings is 1. The zero-order valence-electron chi connectivity index (χ0n) is 12.9. The third-order valence-corrected chi connectivity index (χ3v) is 4.45. The van der Waals surface area contributed by atoms with Crippen LogP contribution in [-0.2, 0) is 0 Å². The van der Waals surface area contributed by atoms with E-state index in [0.717, 1.165) is 42.5 Å². The Hall–Kier alpha value is -1.51. The Morgan fingerprint density at radius 1 is 1.25 bits per heavy atom. The van der Waals surface area contributed by atoms with Gasteiger partial charge in [0, 0.05) is 23.8 Å². The average molecular weight is 274 g/mol. The van der Waals surface area contributed by atoms with Crippen LogP contribution in [0.4, 0.5) is 5.69 Å². The van der Waals surface area contributed by atoms with Crippen molar-refractivity contribution >= 4 is 11.6 Å². The second kappa shape index (κ2) is 6.29. The first-order chi connectivity index (χ1) is 9.54. The molecule has 1 aromatic rings. The minimum atomic E-state index is 0.156. The smallest absolute Gasteiger partial charge is 0.254 e. The Bertz CT molecular complexity index is 496. The van der Waals surface area contributed by atoms with Gasteiger partial charge in [-0.2, -0.15) is 0 Å². The van der Waals surface area contributed by atoms with Gasteiger partial charge in [-0.1, -0.05) is 25.8 Å². The molecule has 0 aromatic heterocycles. The Kier molecular flexibility index (Phi) is 4.69. The number of nitrogens with two attached hydrogens (primary N) is 1. The summed E-state index contributed by atoms with van der Waals surface area (Å²) in [7, 11) is 0. The zero-order valence-corrected chi connectivity index (χ0v) is 12.9. The van der Waals surface area contributed by atoms with E-state index in [1.165, 1.54) is 12.8 Å². The summed E-state index contributed by atoms with van der Waals surface area (Å²) in [5.41, 5.74) is 9.54. The standard InChI is InChI=1S/C17H26N2O/c1-4-14-8-6-5-7-9-19(14)17(20)15-11-16(18)13(3)10-12(15)2/h10-11,14H,4-9,18H2,1-3H3. The van der Waals surface area contributed by atoms with Gasteiger partial charge in [-0.05, 0) is 50.3 Å². The summed E-state index contributed by atoms with van der Waals surface area (Å²) >= 11 is 0. The number of anilines is 1. The third-order valence-electron chi connectivity index (χ3n) is 4.45. The van der Waals surface area contributed by atoms with Crippen LogP contribution in [0.25, 0.3) is 0 Å². The maximum absolute atomic E-state index is 12.9. The second-order valence-electron chi connectivity index (χ2n) is 5.93. The monoisotopic (exact) mass is 274 g/mol. The van der Waals surface area contributed by atoms with Gasteiger partial charge in [-0.3, -0.25) is 4.79 Å². The number of carbonyl (C=O) groups excluding carboxylic acids is 1. The minimum absolute atomic E-state index is 0.156. The lowest BCUT2D eigenvalue weighted by Gasteiger charge is -2.30. The highest BCUT2D eigenvalue weighted by molar-refractivity contribution is 5.97. The van der Waals surface area contributed by atoms with Crippen molar-refractivity contribution in [1.82, 2.24) is 4.90 Å². The quantitative estimate of drug-likeness (QED) is 0.836. The number of aryl methyl sites for hydroxylation is 2. The second-order valence-corrected chi connectivity index (χ2v) is 5.93. The largest absolute Gasteiger partial charge is 0.398 e. The van der Waals surface area contributed by atoms with Gasteiger partial charge in [0.25, 0.3) is 5.91 Å². The van der Waals surface area contributed by atoms with Crippen molar-refractivity contribution in [2.75, 3.05) is 12.3 Å². The van der Waals surface area contributed by atoms with Crippen LogP contribution in [0.2, 0.25) is 0 Å². The average Bonchev–Trinajstić information content (AvgIpc) is 2.67. The molecule has 1 aromatic carbocycles. The molecule has 0 saturated carbocycles. The molecule has 3 heteroatoms. The van der Waals surface area contributed by atoms with Crippen LogP contribution in [0.1, 0.15) is 60.5 Å². The van der Waals surface area contributed by atoms with Gasteiger partial charge in [0.1, 0.15) is 0 Å². The Labute approximate surface area is 122 Å². The van der Waals surface area contributed by atoms with Crippen LogP contribution in [0.15, 0.2) is 12.1 Å². The van der Waals surface area contributed by atoms with Crippen molar-refractivity contribution in [3.63, 3.8) is 0 Å². The molecule has 0 spiro atoms. The van der Waals surface area contributed by atoms with Gasteiger partial charge in [-0.25, -0.2) is 0 Å². The number of nitrogens with zero attached hydrogens (tertiary/aromatic N) is 1. The molecule has 1 heterocycles. The molecule has 2 rings (SSSR count). The third kappa shape index (κ3) is 2.97. The van der Waals surface area contributed by atoms with Crippen LogP contribution < -0.4 is 5.73 Å². The molecule has 1 aliphatic rings. The predicted molar refractivity (Wildman–Crippen MR) is 83.9 cm³/mol. The molecule has 1 fully saturated rings. The number of nitrogen functional groups attached to an aromatic ring is 1. The van der Waals surface area contributed by atoms with Gasteiger partial charge >= 0.3 is 0 Å². The molecule has 1 aliphatic heterocycles. The van der Waals surface area contributed by atoms with Crippen LogP contribution in [0.3, 0.4) is 0 Å². The molecule has 0 aliphatic carbocycles. The fourth-order valence-corrected chi connectivity index (χ4v) is 3.12. The summed E-state index contributed by atoms with van der Waals surface area (Å²) < 4.78 is 0. The van der Waals surface area contributed by atoms with Crippen LogP contribution in [0.5, 0.6) is 0 Å². The summed E-state index contributed by atoms with van der Waals surface area (Å²) in [5, 5.41) is 0. The Morgan fingerprint density at radius 3 is 2.70 bits per heavy atom. The molecule has 1 unspecified atom stereocenters. The zero-order chi connectivity index (χ0) is 14.7. The van der Waals surface area contributed by atoms with E-state index in [4.69, 9.17) is 5.73 Å². The Morgan fingerprint density at radius 2 is 2.00 bits per heavy atom. The van der Waals surface area contributed by atoms with Gasteiger partial charge in [0.15, 0.2) is 0 Å². The number of hydrogen-bond acceptors (Lipinski definition) is 2. The number of likely N-dealkylation sites (tertiary alicyclic amines) is 1. The summed E-state index contributed by atoms with van der Waals surface area (Å²) in [5.74, 6) is 0.156. The van der Waals surface area contributed by atoms with Gasteiger partial charge < -0.3 is 10.6 Å². The molecule has 2 N–H and O–H groups in total. The van der Waals surface area contributed by atoms with E-state index < -0.39 is 0 Å². The summed E-state index contributed by atoms with van der Waals surface area (Å²) in [6.07, 6.45) is 5.74. The maximum Gasteiger partial charge on any atom is 0.254 e. The molecule has 0 radical (unpaired) electrons. The summed E-state index contributed by atoms with van der Waals surface area (Å²) in [6.45, 7) is 7.03. The van der Waals surface area contributed by atoms with Crippen molar-refractivity contribution in [2.24, 2.45) is 0 Å².